The van der Waals surface area contributed by atoms with Crippen molar-refractivity contribution in [2.24, 2.45) is 0 Å². The van der Waals surface area contributed by atoms with Gasteiger partial charge in [0.05, 0.1) is 17.8 Å². The highest BCUT2D eigenvalue weighted by Crippen LogP contribution is 2.36. The molecule has 1 aliphatic heterocycles. The van der Waals surface area contributed by atoms with E-state index in [4.69, 9.17) is 4.74 Å². The molecule has 0 saturated heterocycles. The Morgan fingerprint density at radius 1 is 0.971 bits per heavy atom. The van der Waals surface area contributed by atoms with Gasteiger partial charge in [0.25, 0.3) is 5.91 Å². The lowest BCUT2D eigenvalue weighted by Crippen LogP contribution is -2.24. The van der Waals surface area contributed by atoms with Crippen LogP contribution < -0.4 is 4.90 Å². The first kappa shape index (κ1) is 23.3. The van der Waals surface area contributed by atoms with Crippen molar-refractivity contribution >= 4 is 23.6 Å². The van der Waals surface area contributed by atoms with Crippen LogP contribution in [0.25, 0.3) is 11.8 Å². The highest BCUT2D eigenvalue weighted by Gasteiger charge is 2.38. The van der Waals surface area contributed by atoms with Crippen LogP contribution in [0.3, 0.4) is 0 Å². The zero-order valence-electron chi connectivity index (χ0n) is 20.6. The Morgan fingerprint density at radius 2 is 1.68 bits per heavy atom. The number of carbonyl (C=O) groups is 2. The van der Waals surface area contributed by atoms with Crippen molar-refractivity contribution in [2.45, 2.75) is 41.5 Å². The number of amides is 1. The molecule has 0 N–H and O–H groups in total. The molecule has 0 radical (unpaired) electrons. The molecule has 3 aromatic rings. The third-order valence-electron chi connectivity index (χ3n) is 6.27. The number of hydrogen-bond acceptors (Lipinski definition) is 3. The van der Waals surface area contributed by atoms with Crippen LogP contribution in [0.5, 0.6) is 0 Å². The zero-order valence-corrected chi connectivity index (χ0v) is 20.6. The highest BCUT2D eigenvalue weighted by molar-refractivity contribution is 6.23. The molecule has 2 aromatic carbocycles. The van der Waals surface area contributed by atoms with Gasteiger partial charge < -0.3 is 9.30 Å². The van der Waals surface area contributed by atoms with Gasteiger partial charge in [-0.15, -0.1) is 0 Å². The molecule has 0 fully saturated rings. The Kier molecular flexibility index (Phi) is 6.29. The topological polar surface area (TPSA) is 51.5 Å². The number of rotatable bonds is 5. The van der Waals surface area contributed by atoms with E-state index in [9.17, 15) is 9.59 Å². The molecule has 0 aliphatic carbocycles. The lowest BCUT2D eigenvalue weighted by molar-refractivity contribution is -0.138. The molecule has 0 bridgehead atoms. The summed E-state index contributed by atoms with van der Waals surface area (Å²) in [5.74, 6) is -0.718. The van der Waals surface area contributed by atoms with Crippen LogP contribution in [0, 0.1) is 27.7 Å². The molecule has 174 valence electrons. The van der Waals surface area contributed by atoms with Crippen molar-refractivity contribution in [3.8, 4) is 5.69 Å². The molecule has 1 aliphatic rings. The van der Waals surface area contributed by atoms with Gasteiger partial charge >= 0.3 is 5.97 Å². The van der Waals surface area contributed by atoms with Crippen molar-refractivity contribution in [3.05, 3.63) is 99.5 Å². The number of allylic oxidation sites excluding steroid dienone is 1. The molecule has 1 amide bonds. The largest absolute Gasteiger partial charge is 0.462 e. The van der Waals surface area contributed by atoms with Gasteiger partial charge in [0.1, 0.15) is 0 Å². The number of esters is 1. The fourth-order valence-electron chi connectivity index (χ4n) is 4.59. The number of anilines is 1. The standard InChI is InChI=1S/C29H30N2O3/c1-7-34-29(33)27-22(6)31(24-11-9-8-10-12-24)28(32)25(27)17-23-16-20(4)30(21(23)5)26-15-18(2)13-14-19(26)3/h8-17H,7H2,1-6H3/b25-17-. The second-order valence-electron chi connectivity index (χ2n) is 8.67. The molecule has 0 saturated carbocycles. The Bertz CT molecular complexity index is 1340. The minimum Gasteiger partial charge on any atom is -0.462 e. The third-order valence-corrected chi connectivity index (χ3v) is 6.27. The second-order valence-corrected chi connectivity index (χ2v) is 8.67. The molecule has 34 heavy (non-hydrogen) atoms. The maximum Gasteiger partial charge on any atom is 0.340 e. The molecular formula is C29H30N2O3. The molecule has 5 heteroatoms. The Hall–Kier alpha value is -3.86. The fraction of sp³-hybridized carbons (Fsp3) is 0.241. The number of benzene rings is 2. The first-order chi connectivity index (χ1) is 16.2. The predicted molar refractivity (Wildman–Crippen MR) is 136 cm³/mol. The number of aromatic nitrogens is 1. The number of nitrogens with zero attached hydrogens (tertiary/aromatic N) is 2. The summed E-state index contributed by atoms with van der Waals surface area (Å²) in [4.78, 5) is 28.1. The van der Waals surface area contributed by atoms with Crippen LogP contribution in [-0.4, -0.2) is 23.1 Å². The molecule has 4 rings (SSSR count). The highest BCUT2D eigenvalue weighted by atomic mass is 16.5. The summed E-state index contributed by atoms with van der Waals surface area (Å²) in [6.45, 7) is 12.1. The van der Waals surface area contributed by atoms with E-state index in [1.165, 1.54) is 11.1 Å². The van der Waals surface area contributed by atoms with Gasteiger partial charge in [0.15, 0.2) is 0 Å². The zero-order chi connectivity index (χ0) is 24.6. The summed E-state index contributed by atoms with van der Waals surface area (Å²) in [5.41, 5.74) is 8.37. The van der Waals surface area contributed by atoms with E-state index in [0.717, 1.165) is 28.3 Å². The Balaban J connectivity index is 1.87. The average molecular weight is 455 g/mol. The number of ether oxygens (including phenoxy) is 1. The van der Waals surface area contributed by atoms with E-state index in [0.29, 0.717) is 16.8 Å². The van der Waals surface area contributed by atoms with Crippen molar-refractivity contribution in [1.82, 2.24) is 4.57 Å². The number of aryl methyl sites for hydroxylation is 3. The van der Waals surface area contributed by atoms with Crippen LogP contribution >= 0.6 is 0 Å². The van der Waals surface area contributed by atoms with Gasteiger partial charge in [-0.05, 0) is 88.6 Å². The average Bonchev–Trinajstić information content (AvgIpc) is 3.22. The fourth-order valence-corrected chi connectivity index (χ4v) is 4.59. The van der Waals surface area contributed by atoms with Crippen molar-refractivity contribution in [3.63, 3.8) is 0 Å². The van der Waals surface area contributed by atoms with Gasteiger partial charge in [0.2, 0.25) is 0 Å². The summed E-state index contributed by atoms with van der Waals surface area (Å²) < 4.78 is 7.53. The minimum absolute atomic E-state index is 0.233. The quantitative estimate of drug-likeness (QED) is 0.352. The number of hydrogen-bond donors (Lipinski definition) is 0. The third kappa shape index (κ3) is 3.98. The summed E-state index contributed by atoms with van der Waals surface area (Å²) in [7, 11) is 0. The van der Waals surface area contributed by atoms with Crippen molar-refractivity contribution < 1.29 is 14.3 Å². The normalized spacial score (nSPS) is 14.9. The van der Waals surface area contributed by atoms with E-state index in [2.05, 4.69) is 49.6 Å². The van der Waals surface area contributed by atoms with Gasteiger partial charge in [0, 0.05) is 28.5 Å². The maximum atomic E-state index is 13.6. The molecule has 5 nitrogen and oxygen atoms in total. The van der Waals surface area contributed by atoms with Crippen LogP contribution in [0.2, 0.25) is 0 Å². The van der Waals surface area contributed by atoms with Crippen molar-refractivity contribution in [2.75, 3.05) is 11.5 Å². The molecule has 0 spiro atoms. The molecule has 0 atom stereocenters. The molecule has 2 heterocycles. The molecular weight excluding hydrogens is 424 g/mol. The van der Waals surface area contributed by atoms with Gasteiger partial charge in [-0.25, -0.2) is 4.79 Å². The van der Waals surface area contributed by atoms with Gasteiger partial charge in [-0.3, -0.25) is 9.69 Å². The summed E-state index contributed by atoms with van der Waals surface area (Å²) in [6.07, 6.45) is 1.82. The van der Waals surface area contributed by atoms with E-state index in [-0.39, 0.29) is 12.5 Å². The van der Waals surface area contributed by atoms with E-state index in [1.54, 1.807) is 18.7 Å². The van der Waals surface area contributed by atoms with Crippen LogP contribution in [0.15, 0.2) is 71.4 Å². The minimum atomic E-state index is -0.485. The SMILES string of the molecule is CCOC(=O)C1=C(C)N(c2ccccc2)C(=O)/C1=C\c1cc(C)n(-c2cc(C)ccc2C)c1C. The Morgan fingerprint density at radius 3 is 2.35 bits per heavy atom. The van der Waals surface area contributed by atoms with Crippen LogP contribution in [0.1, 0.15) is 41.9 Å². The number of carbonyl (C=O) groups excluding carboxylic acids is 2. The Labute approximate surface area is 201 Å². The smallest absolute Gasteiger partial charge is 0.340 e. The second kappa shape index (κ2) is 9.18. The van der Waals surface area contributed by atoms with Crippen LogP contribution in [0.4, 0.5) is 5.69 Å². The lowest BCUT2D eigenvalue weighted by Gasteiger charge is -2.17. The van der Waals surface area contributed by atoms with E-state index < -0.39 is 5.97 Å². The first-order valence-electron chi connectivity index (χ1n) is 11.5. The summed E-state index contributed by atoms with van der Waals surface area (Å²) in [6, 6.07) is 17.8. The van der Waals surface area contributed by atoms with Crippen LogP contribution in [-0.2, 0) is 14.3 Å². The van der Waals surface area contributed by atoms with E-state index >= 15 is 0 Å². The van der Waals surface area contributed by atoms with Crippen molar-refractivity contribution in [1.29, 1.82) is 0 Å². The van der Waals surface area contributed by atoms with Gasteiger partial charge in [-0.1, -0.05) is 30.3 Å². The maximum absolute atomic E-state index is 13.6. The monoisotopic (exact) mass is 454 g/mol. The first-order valence-corrected chi connectivity index (χ1v) is 11.5. The molecule has 0 unspecified atom stereocenters. The van der Waals surface area contributed by atoms with Gasteiger partial charge in [-0.2, -0.15) is 0 Å². The summed E-state index contributed by atoms with van der Waals surface area (Å²) >= 11 is 0. The molecule has 1 aromatic heterocycles. The number of para-hydroxylation sites is 1. The summed E-state index contributed by atoms with van der Waals surface area (Å²) in [5, 5.41) is 0. The van der Waals surface area contributed by atoms with E-state index in [1.807, 2.05) is 43.3 Å². The predicted octanol–water partition coefficient (Wildman–Crippen LogP) is 5.98. The lowest BCUT2D eigenvalue weighted by atomic mass is 10.0.